The molecule has 4 nitrogen and oxygen atoms in total. The monoisotopic (exact) mass is 136 g/mol. The lowest BCUT2D eigenvalue weighted by Gasteiger charge is -1.96. The summed E-state index contributed by atoms with van der Waals surface area (Å²) in [4.78, 5) is 9.83. The minimum atomic E-state index is -1.22. The molecule has 0 aromatic rings. The van der Waals surface area contributed by atoms with Crippen molar-refractivity contribution in [3.8, 4) is 0 Å². The predicted octanol–water partition coefficient (Wildman–Crippen LogP) is 0.335. The van der Waals surface area contributed by atoms with Gasteiger partial charge in [-0.1, -0.05) is 0 Å². The van der Waals surface area contributed by atoms with Crippen LogP contribution in [-0.2, 0) is 14.1 Å². The van der Waals surface area contributed by atoms with Crippen LogP contribution in [0.4, 0.5) is 0 Å². The van der Waals surface area contributed by atoms with E-state index in [1.165, 1.54) is 7.11 Å². The van der Waals surface area contributed by atoms with E-state index in [2.05, 4.69) is 4.74 Å². The molecule has 0 heterocycles. The van der Waals surface area contributed by atoms with Crippen LogP contribution < -0.4 is 0 Å². The third-order valence-corrected chi connectivity index (χ3v) is 1.15. The van der Waals surface area contributed by atoms with Gasteiger partial charge < -0.3 is 9.84 Å². The van der Waals surface area contributed by atoms with E-state index in [1.54, 1.807) is 0 Å². The Labute approximate surface area is 47.7 Å². The standard InChI is InChI=1S/C3H5O4P/c1-7-3(8-6)2(4)5/h3H,1H3,(H,4,5). The van der Waals surface area contributed by atoms with Gasteiger partial charge in [0.25, 0.3) is 0 Å². The number of hydrogen-bond donors (Lipinski definition) is 1. The van der Waals surface area contributed by atoms with E-state index in [1.807, 2.05) is 0 Å². The van der Waals surface area contributed by atoms with Crippen LogP contribution in [0.2, 0.25) is 0 Å². The SMILES string of the molecule is COC(P=O)C(=O)O. The Morgan fingerprint density at radius 1 is 1.88 bits per heavy atom. The minimum Gasteiger partial charge on any atom is -0.479 e. The van der Waals surface area contributed by atoms with Gasteiger partial charge in [0, 0.05) is 7.11 Å². The quantitative estimate of drug-likeness (QED) is 0.568. The van der Waals surface area contributed by atoms with E-state index in [-0.39, 0.29) is 0 Å². The Morgan fingerprint density at radius 2 is 2.38 bits per heavy atom. The molecule has 0 aliphatic heterocycles. The third-order valence-electron chi connectivity index (χ3n) is 0.530. The lowest BCUT2D eigenvalue weighted by atomic mass is 10.7. The fourth-order valence-corrected chi connectivity index (χ4v) is 0.365. The Hall–Kier alpha value is -0.470. The van der Waals surface area contributed by atoms with E-state index in [9.17, 15) is 9.36 Å². The molecular weight excluding hydrogens is 131 g/mol. The van der Waals surface area contributed by atoms with Gasteiger partial charge in [0.2, 0.25) is 5.85 Å². The van der Waals surface area contributed by atoms with Crippen molar-refractivity contribution in [2.75, 3.05) is 7.11 Å². The van der Waals surface area contributed by atoms with E-state index in [0.717, 1.165) is 0 Å². The van der Waals surface area contributed by atoms with Gasteiger partial charge in [0.15, 0.2) is 8.46 Å². The predicted molar refractivity (Wildman–Crippen MR) is 26.0 cm³/mol. The van der Waals surface area contributed by atoms with Crippen LogP contribution in [0.3, 0.4) is 0 Å². The third kappa shape index (κ3) is 2.00. The van der Waals surface area contributed by atoms with Crippen LogP contribution >= 0.6 is 8.46 Å². The summed E-state index contributed by atoms with van der Waals surface area (Å²) < 4.78 is 14.0. The first-order valence-electron chi connectivity index (χ1n) is 1.80. The number of rotatable bonds is 3. The first kappa shape index (κ1) is 7.53. The second-order valence-corrected chi connectivity index (χ2v) is 1.71. The van der Waals surface area contributed by atoms with Crippen molar-refractivity contribution in [1.82, 2.24) is 0 Å². The maximum absolute atomic E-state index is 9.83. The molecule has 0 aliphatic carbocycles. The Kier molecular flexibility index (Phi) is 3.31. The van der Waals surface area contributed by atoms with Gasteiger partial charge in [0.1, 0.15) is 0 Å². The molecule has 1 atom stereocenters. The lowest BCUT2D eigenvalue weighted by Crippen LogP contribution is -2.14. The zero-order valence-corrected chi connectivity index (χ0v) is 5.09. The normalized spacial score (nSPS) is 13.6. The van der Waals surface area contributed by atoms with Crippen LogP contribution in [-0.4, -0.2) is 24.0 Å². The van der Waals surface area contributed by atoms with Gasteiger partial charge in [0.05, 0.1) is 0 Å². The van der Waals surface area contributed by atoms with E-state index in [4.69, 9.17) is 5.11 Å². The maximum atomic E-state index is 9.83. The summed E-state index contributed by atoms with van der Waals surface area (Å²) in [7, 11) is 0.666. The van der Waals surface area contributed by atoms with Crippen molar-refractivity contribution in [2.24, 2.45) is 0 Å². The van der Waals surface area contributed by atoms with Crippen molar-refractivity contribution >= 4 is 14.4 Å². The van der Waals surface area contributed by atoms with Crippen LogP contribution in [0.5, 0.6) is 0 Å². The van der Waals surface area contributed by atoms with Crippen molar-refractivity contribution in [1.29, 1.82) is 0 Å². The maximum Gasteiger partial charge on any atom is 0.345 e. The summed E-state index contributed by atoms with van der Waals surface area (Å²) >= 11 is 0. The van der Waals surface area contributed by atoms with Crippen molar-refractivity contribution in [3.63, 3.8) is 0 Å². The molecule has 5 heteroatoms. The summed E-state index contributed by atoms with van der Waals surface area (Å²) in [5, 5.41) is 8.04. The number of aliphatic carboxylic acids is 1. The number of carbonyl (C=O) groups is 1. The number of hydrogen-bond acceptors (Lipinski definition) is 3. The number of ether oxygens (including phenoxy) is 1. The first-order chi connectivity index (χ1) is 3.72. The van der Waals surface area contributed by atoms with Gasteiger partial charge in [-0.15, -0.1) is 0 Å². The summed E-state index contributed by atoms with van der Waals surface area (Å²) in [5.74, 6) is -2.43. The van der Waals surface area contributed by atoms with Crippen LogP contribution in [0.15, 0.2) is 0 Å². The van der Waals surface area contributed by atoms with E-state index >= 15 is 0 Å². The summed E-state index contributed by atoms with van der Waals surface area (Å²) in [6, 6.07) is 0. The molecule has 0 spiro atoms. The molecule has 46 valence electrons. The fourth-order valence-electron chi connectivity index (χ4n) is 0.189. The van der Waals surface area contributed by atoms with Gasteiger partial charge in [-0.25, -0.2) is 4.79 Å². The number of carboxylic acid groups (broad SMARTS) is 1. The Balaban J connectivity index is 3.69. The molecule has 0 radical (unpaired) electrons. The zero-order valence-electron chi connectivity index (χ0n) is 4.20. The Bertz CT molecular complexity index is 101. The van der Waals surface area contributed by atoms with Gasteiger partial charge >= 0.3 is 5.97 Å². The minimum absolute atomic E-state index is 0.518. The first-order valence-corrected chi connectivity index (χ1v) is 2.68. The molecule has 1 unspecified atom stereocenters. The zero-order chi connectivity index (χ0) is 6.57. The highest BCUT2D eigenvalue weighted by atomic mass is 31.1. The van der Waals surface area contributed by atoms with Gasteiger partial charge in [-0.3, -0.25) is 4.57 Å². The summed E-state index contributed by atoms with van der Waals surface area (Å²) in [6.07, 6.45) is 0. The molecule has 0 aromatic heterocycles. The average Bonchev–Trinajstić information content (AvgIpc) is 1.69. The molecule has 0 saturated heterocycles. The largest absolute Gasteiger partial charge is 0.479 e. The van der Waals surface area contributed by atoms with Crippen LogP contribution in [0.25, 0.3) is 0 Å². The molecular formula is C3H5O4P. The summed E-state index contributed by atoms with van der Waals surface area (Å²) in [6.45, 7) is 0. The van der Waals surface area contributed by atoms with Crippen molar-refractivity contribution in [2.45, 2.75) is 5.85 Å². The fraction of sp³-hybridized carbons (Fsp3) is 0.667. The van der Waals surface area contributed by atoms with E-state index in [0.29, 0.717) is 0 Å². The highest BCUT2D eigenvalue weighted by Crippen LogP contribution is 2.05. The lowest BCUT2D eigenvalue weighted by molar-refractivity contribution is -0.143. The number of carboxylic acids is 1. The smallest absolute Gasteiger partial charge is 0.345 e. The molecule has 1 N–H and O–H groups in total. The molecule has 0 aromatic carbocycles. The Morgan fingerprint density at radius 3 is 2.38 bits per heavy atom. The molecule has 0 bridgehead atoms. The molecule has 0 rings (SSSR count). The number of methoxy groups -OCH3 is 1. The molecule has 0 aliphatic rings. The highest BCUT2D eigenvalue weighted by Gasteiger charge is 2.14. The van der Waals surface area contributed by atoms with Crippen LogP contribution in [0, 0.1) is 0 Å². The second kappa shape index (κ2) is 3.52. The molecule has 8 heavy (non-hydrogen) atoms. The highest BCUT2D eigenvalue weighted by molar-refractivity contribution is 7.26. The van der Waals surface area contributed by atoms with Gasteiger partial charge in [-0.2, -0.15) is 0 Å². The van der Waals surface area contributed by atoms with Crippen molar-refractivity contribution in [3.05, 3.63) is 0 Å². The van der Waals surface area contributed by atoms with Crippen molar-refractivity contribution < 1.29 is 19.2 Å². The molecule has 0 amide bonds. The molecule has 0 saturated carbocycles. The second-order valence-electron chi connectivity index (χ2n) is 1.03. The molecule has 0 fully saturated rings. The average molecular weight is 136 g/mol. The van der Waals surface area contributed by atoms with E-state index < -0.39 is 20.3 Å². The summed E-state index contributed by atoms with van der Waals surface area (Å²) in [5.41, 5.74) is 0. The van der Waals surface area contributed by atoms with Gasteiger partial charge in [-0.05, 0) is 0 Å². The van der Waals surface area contributed by atoms with Crippen LogP contribution in [0.1, 0.15) is 0 Å². The topological polar surface area (TPSA) is 63.6 Å².